The number of ether oxygens (including phenoxy) is 1. The standard InChI is InChI=1S/C22H27N3O5S/c1-15-6-9-19(10-7-15)31(28,29)25-12-4-5-17(14-25)22(27)24-23-16(2)20-11-8-18(30-3)13-21(20)26/h6-11,13,17,23,26H,2,4-5,12,14H2,1,3H3,(H,24,27)/t17-/m1/s1. The van der Waals surface area contributed by atoms with Gasteiger partial charge in [-0.3, -0.25) is 15.6 Å². The van der Waals surface area contributed by atoms with E-state index in [4.69, 9.17) is 4.74 Å². The van der Waals surface area contributed by atoms with Crippen LogP contribution < -0.4 is 15.6 Å². The summed E-state index contributed by atoms with van der Waals surface area (Å²) in [4.78, 5) is 12.9. The molecular weight excluding hydrogens is 418 g/mol. The minimum absolute atomic E-state index is 0.0425. The van der Waals surface area contributed by atoms with Gasteiger partial charge in [-0.15, -0.1) is 0 Å². The highest BCUT2D eigenvalue weighted by Crippen LogP contribution is 2.27. The molecule has 3 N–H and O–H groups in total. The number of hydrazine groups is 1. The summed E-state index contributed by atoms with van der Waals surface area (Å²) in [5.74, 6) is -0.383. The van der Waals surface area contributed by atoms with Crippen LogP contribution in [0.2, 0.25) is 0 Å². The Morgan fingerprint density at radius 1 is 1.19 bits per heavy atom. The molecule has 2 aromatic carbocycles. The minimum atomic E-state index is -3.66. The number of amides is 1. The van der Waals surface area contributed by atoms with Gasteiger partial charge in [-0.25, -0.2) is 8.42 Å². The van der Waals surface area contributed by atoms with Crippen LogP contribution in [-0.2, 0) is 14.8 Å². The molecule has 1 heterocycles. The average molecular weight is 446 g/mol. The van der Waals surface area contributed by atoms with Crippen molar-refractivity contribution >= 4 is 21.6 Å². The molecule has 2 aromatic rings. The van der Waals surface area contributed by atoms with Gasteiger partial charge in [0, 0.05) is 24.7 Å². The zero-order valence-corrected chi connectivity index (χ0v) is 18.4. The van der Waals surface area contributed by atoms with E-state index in [1.807, 2.05) is 6.92 Å². The molecule has 0 radical (unpaired) electrons. The molecule has 1 saturated heterocycles. The van der Waals surface area contributed by atoms with E-state index in [1.165, 1.54) is 17.5 Å². The molecule has 1 fully saturated rings. The number of carbonyl (C=O) groups excluding carboxylic acids is 1. The highest BCUT2D eigenvalue weighted by Gasteiger charge is 2.33. The van der Waals surface area contributed by atoms with Crippen LogP contribution >= 0.6 is 0 Å². The number of benzene rings is 2. The Labute approximate surface area is 182 Å². The molecule has 1 atom stereocenters. The maximum atomic E-state index is 12.9. The summed E-state index contributed by atoms with van der Waals surface area (Å²) >= 11 is 0. The number of nitrogens with one attached hydrogen (secondary N) is 2. The molecule has 1 aliphatic heterocycles. The van der Waals surface area contributed by atoms with Crippen molar-refractivity contribution in [1.82, 2.24) is 15.2 Å². The predicted molar refractivity (Wildman–Crippen MR) is 118 cm³/mol. The molecule has 1 amide bonds. The molecule has 0 spiro atoms. The fourth-order valence-corrected chi connectivity index (χ4v) is 4.96. The van der Waals surface area contributed by atoms with Crippen molar-refractivity contribution < 1.29 is 23.1 Å². The lowest BCUT2D eigenvalue weighted by Crippen LogP contribution is -2.48. The third-order valence-electron chi connectivity index (χ3n) is 5.28. The lowest BCUT2D eigenvalue weighted by molar-refractivity contribution is -0.126. The van der Waals surface area contributed by atoms with E-state index in [1.54, 1.807) is 36.4 Å². The average Bonchev–Trinajstić information content (AvgIpc) is 2.77. The van der Waals surface area contributed by atoms with Crippen LogP contribution in [0.5, 0.6) is 11.5 Å². The molecule has 0 saturated carbocycles. The molecule has 1 aliphatic rings. The van der Waals surface area contributed by atoms with Crippen LogP contribution in [0, 0.1) is 12.8 Å². The minimum Gasteiger partial charge on any atom is -0.507 e. The number of carbonyl (C=O) groups is 1. The number of phenolic OH excluding ortho intramolecular Hbond substituents is 1. The number of phenols is 1. The van der Waals surface area contributed by atoms with Crippen molar-refractivity contribution in [3.8, 4) is 11.5 Å². The molecule has 166 valence electrons. The van der Waals surface area contributed by atoms with E-state index in [-0.39, 0.29) is 23.1 Å². The summed E-state index contributed by atoms with van der Waals surface area (Å²) in [5.41, 5.74) is 6.96. The van der Waals surface area contributed by atoms with Crippen LogP contribution in [0.4, 0.5) is 0 Å². The highest BCUT2D eigenvalue weighted by molar-refractivity contribution is 7.89. The molecule has 3 rings (SSSR count). The number of aromatic hydroxyl groups is 1. The first-order valence-electron chi connectivity index (χ1n) is 9.91. The second-order valence-electron chi connectivity index (χ2n) is 7.49. The van der Waals surface area contributed by atoms with Crippen molar-refractivity contribution in [3.05, 3.63) is 60.2 Å². The Balaban J connectivity index is 1.62. The molecule has 31 heavy (non-hydrogen) atoms. The third kappa shape index (κ3) is 5.18. The van der Waals surface area contributed by atoms with E-state index in [2.05, 4.69) is 17.4 Å². The van der Waals surface area contributed by atoms with Crippen LogP contribution in [0.3, 0.4) is 0 Å². The first-order valence-corrected chi connectivity index (χ1v) is 11.4. The number of piperidine rings is 1. The number of sulfonamides is 1. The zero-order chi connectivity index (χ0) is 22.6. The monoisotopic (exact) mass is 445 g/mol. The molecule has 0 unspecified atom stereocenters. The summed E-state index contributed by atoms with van der Waals surface area (Å²) in [6.07, 6.45) is 1.16. The summed E-state index contributed by atoms with van der Waals surface area (Å²) in [7, 11) is -2.17. The van der Waals surface area contributed by atoms with Crippen LogP contribution in [0.15, 0.2) is 53.9 Å². The lowest BCUT2D eigenvalue weighted by Gasteiger charge is -2.31. The summed E-state index contributed by atoms with van der Waals surface area (Å²) in [6, 6.07) is 11.4. The summed E-state index contributed by atoms with van der Waals surface area (Å²) < 4.78 is 32.3. The van der Waals surface area contributed by atoms with Gasteiger partial charge in [0.1, 0.15) is 11.5 Å². The summed E-state index contributed by atoms with van der Waals surface area (Å²) in [6.45, 7) is 6.20. The van der Waals surface area contributed by atoms with Crippen molar-refractivity contribution in [2.24, 2.45) is 5.92 Å². The molecule has 0 aromatic heterocycles. The second-order valence-corrected chi connectivity index (χ2v) is 9.43. The fraction of sp³-hybridized carbons (Fsp3) is 0.318. The number of hydrogen-bond donors (Lipinski definition) is 3. The number of methoxy groups -OCH3 is 1. The van der Waals surface area contributed by atoms with Crippen molar-refractivity contribution in [2.45, 2.75) is 24.7 Å². The Morgan fingerprint density at radius 2 is 1.90 bits per heavy atom. The van der Waals surface area contributed by atoms with E-state index >= 15 is 0 Å². The van der Waals surface area contributed by atoms with Crippen molar-refractivity contribution in [1.29, 1.82) is 0 Å². The van der Waals surface area contributed by atoms with Gasteiger partial charge in [-0.1, -0.05) is 24.3 Å². The maximum absolute atomic E-state index is 12.9. The van der Waals surface area contributed by atoms with Crippen molar-refractivity contribution in [2.75, 3.05) is 20.2 Å². The Kier molecular flexibility index (Phi) is 6.87. The van der Waals surface area contributed by atoms with Crippen LogP contribution in [-0.4, -0.2) is 43.9 Å². The van der Waals surface area contributed by atoms with Crippen molar-refractivity contribution in [3.63, 3.8) is 0 Å². The Morgan fingerprint density at radius 3 is 2.55 bits per heavy atom. The van der Waals surface area contributed by atoms with E-state index in [0.717, 1.165) is 5.56 Å². The number of nitrogens with zero attached hydrogens (tertiary/aromatic N) is 1. The second kappa shape index (κ2) is 9.40. The van der Waals surface area contributed by atoms with E-state index < -0.39 is 15.9 Å². The van der Waals surface area contributed by atoms with Gasteiger partial charge in [0.25, 0.3) is 0 Å². The number of aryl methyl sites for hydroxylation is 1. The van der Waals surface area contributed by atoms with Gasteiger partial charge in [0.2, 0.25) is 15.9 Å². The largest absolute Gasteiger partial charge is 0.507 e. The highest BCUT2D eigenvalue weighted by atomic mass is 32.2. The van der Waals surface area contributed by atoms with Gasteiger partial charge in [-0.05, 0) is 44.0 Å². The van der Waals surface area contributed by atoms with Crippen LogP contribution in [0.1, 0.15) is 24.0 Å². The fourth-order valence-electron chi connectivity index (χ4n) is 3.43. The van der Waals surface area contributed by atoms with Gasteiger partial charge in [0.15, 0.2) is 0 Å². The number of hydrogen-bond acceptors (Lipinski definition) is 6. The van der Waals surface area contributed by atoms with E-state index in [0.29, 0.717) is 36.4 Å². The zero-order valence-electron chi connectivity index (χ0n) is 17.6. The Bertz CT molecular complexity index is 1070. The molecule has 8 nitrogen and oxygen atoms in total. The quantitative estimate of drug-likeness (QED) is 0.565. The molecule has 9 heteroatoms. The van der Waals surface area contributed by atoms with Gasteiger partial charge < -0.3 is 9.84 Å². The normalized spacial score (nSPS) is 17.0. The third-order valence-corrected chi connectivity index (χ3v) is 7.16. The molecular formula is C22H27N3O5S. The predicted octanol–water partition coefficient (Wildman–Crippen LogP) is 2.40. The smallest absolute Gasteiger partial charge is 0.243 e. The molecule has 0 aliphatic carbocycles. The maximum Gasteiger partial charge on any atom is 0.243 e. The SMILES string of the molecule is C=C(NNC(=O)[C@@H]1CCCN(S(=O)(=O)c2ccc(C)cc2)C1)c1ccc(OC)cc1O. The lowest BCUT2D eigenvalue weighted by atomic mass is 9.99. The van der Waals surface area contributed by atoms with Gasteiger partial charge in [0.05, 0.1) is 23.6 Å². The summed E-state index contributed by atoms with van der Waals surface area (Å²) in [5, 5.41) is 10.1. The van der Waals surface area contributed by atoms with Crippen LogP contribution in [0.25, 0.3) is 5.70 Å². The van der Waals surface area contributed by atoms with Gasteiger partial charge in [-0.2, -0.15) is 4.31 Å². The topological polar surface area (TPSA) is 108 Å². The number of rotatable bonds is 7. The van der Waals surface area contributed by atoms with Gasteiger partial charge >= 0.3 is 0 Å². The molecule has 0 bridgehead atoms. The Hall–Kier alpha value is -3.04. The first-order chi connectivity index (χ1) is 14.7. The first kappa shape index (κ1) is 22.6. The van der Waals surface area contributed by atoms with E-state index in [9.17, 15) is 18.3 Å².